The molecule has 1 atom stereocenters. The van der Waals surface area contributed by atoms with Gasteiger partial charge in [0.2, 0.25) is 0 Å². The van der Waals surface area contributed by atoms with Gasteiger partial charge >= 0.3 is 0 Å². The third kappa shape index (κ3) is 2.80. The quantitative estimate of drug-likeness (QED) is 0.323. The van der Waals surface area contributed by atoms with E-state index in [0.717, 1.165) is 6.29 Å². The molecule has 0 aliphatic carbocycles. The molecule has 0 aliphatic heterocycles. The highest BCUT2D eigenvalue weighted by Gasteiger charge is 1.99. The zero-order valence-corrected chi connectivity index (χ0v) is 5.40. The summed E-state index contributed by atoms with van der Waals surface area (Å²) in [5, 5.41) is 0. The van der Waals surface area contributed by atoms with Crippen LogP contribution in [0.15, 0.2) is 12.7 Å². The molecule has 0 bridgehead atoms. The molecule has 0 saturated heterocycles. The summed E-state index contributed by atoms with van der Waals surface area (Å²) < 4.78 is 0. The predicted octanol–water partition coefficient (Wildman–Crippen LogP) is 1.62. The number of carbonyl (C=O) groups is 1. The predicted molar refractivity (Wildman–Crippen MR) is 35.1 cm³/mol. The van der Waals surface area contributed by atoms with Gasteiger partial charge in [0, 0.05) is 11.8 Å². The molecule has 0 heterocycles. The number of carbonyl (C=O) groups excluding carboxylic acids is 1. The molecular formula is C6H9ClO. The SMILES string of the molecule is C=CCC(C=O)CCl. The smallest absolute Gasteiger partial charge is 0.124 e. The molecule has 1 unspecified atom stereocenters. The Morgan fingerprint density at radius 2 is 2.38 bits per heavy atom. The van der Waals surface area contributed by atoms with Gasteiger partial charge in [-0.1, -0.05) is 6.08 Å². The van der Waals surface area contributed by atoms with Crippen molar-refractivity contribution in [1.29, 1.82) is 0 Å². The van der Waals surface area contributed by atoms with Gasteiger partial charge in [-0.15, -0.1) is 18.2 Å². The summed E-state index contributed by atoms with van der Waals surface area (Å²) in [6.45, 7) is 3.48. The molecule has 0 aliphatic rings. The van der Waals surface area contributed by atoms with Crippen molar-refractivity contribution in [2.24, 2.45) is 5.92 Å². The highest BCUT2D eigenvalue weighted by atomic mass is 35.5. The van der Waals surface area contributed by atoms with Crippen LogP contribution in [0.4, 0.5) is 0 Å². The Kier molecular flexibility index (Phi) is 4.67. The molecule has 8 heavy (non-hydrogen) atoms. The summed E-state index contributed by atoms with van der Waals surface area (Å²) in [4.78, 5) is 9.99. The number of rotatable bonds is 4. The minimum atomic E-state index is -0.0332. The fraction of sp³-hybridized carbons (Fsp3) is 0.500. The van der Waals surface area contributed by atoms with Crippen LogP contribution in [0.1, 0.15) is 6.42 Å². The van der Waals surface area contributed by atoms with Crippen molar-refractivity contribution in [1.82, 2.24) is 0 Å². The highest BCUT2D eigenvalue weighted by Crippen LogP contribution is 2.00. The lowest BCUT2D eigenvalue weighted by atomic mass is 10.1. The number of alkyl halides is 1. The van der Waals surface area contributed by atoms with Crippen molar-refractivity contribution >= 4 is 17.9 Å². The summed E-state index contributed by atoms with van der Waals surface area (Å²) in [7, 11) is 0. The van der Waals surface area contributed by atoms with E-state index in [1.807, 2.05) is 0 Å². The molecule has 0 aromatic rings. The van der Waals surface area contributed by atoms with Crippen LogP contribution in [0, 0.1) is 5.92 Å². The maximum Gasteiger partial charge on any atom is 0.124 e. The van der Waals surface area contributed by atoms with Gasteiger partial charge in [0.15, 0.2) is 0 Å². The van der Waals surface area contributed by atoms with Gasteiger partial charge in [0.1, 0.15) is 6.29 Å². The number of aldehydes is 1. The third-order valence-corrected chi connectivity index (χ3v) is 1.26. The fourth-order valence-corrected chi connectivity index (χ4v) is 0.568. The lowest BCUT2D eigenvalue weighted by Crippen LogP contribution is -2.00. The van der Waals surface area contributed by atoms with Gasteiger partial charge in [0.25, 0.3) is 0 Å². The lowest BCUT2D eigenvalue weighted by molar-refractivity contribution is -0.110. The van der Waals surface area contributed by atoms with Gasteiger partial charge in [-0.25, -0.2) is 0 Å². The topological polar surface area (TPSA) is 17.1 Å². The summed E-state index contributed by atoms with van der Waals surface area (Å²) in [5.41, 5.74) is 0. The summed E-state index contributed by atoms with van der Waals surface area (Å²) in [6, 6.07) is 0. The van der Waals surface area contributed by atoms with Gasteiger partial charge in [-0.2, -0.15) is 0 Å². The largest absolute Gasteiger partial charge is 0.303 e. The van der Waals surface area contributed by atoms with E-state index in [9.17, 15) is 4.79 Å². The summed E-state index contributed by atoms with van der Waals surface area (Å²) in [6.07, 6.45) is 3.24. The van der Waals surface area contributed by atoms with E-state index in [1.54, 1.807) is 6.08 Å². The molecule has 0 fully saturated rings. The van der Waals surface area contributed by atoms with E-state index in [4.69, 9.17) is 11.6 Å². The van der Waals surface area contributed by atoms with Gasteiger partial charge in [0.05, 0.1) is 0 Å². The minimum absolute atomic E-state index is 0.0332. The molecule has 0 radical (unpaired) electrons. The minimum Gasteiger partial charge on any atom is -0.303 e. The highest BCUT2D eigenvalue weighted by molar-refractivity contribution is 6.18. The average molecular weight is 133 g/mol. The van der Waals surface area contributed by atoms with Gasteiger partial charge in [-0.3, -0.25) is 0 Å². The second-order valence-corrected chi connectivity index (χ2v) is 1.88. The van der Waals surface area contributed by atoms with E-state index in [0.29, 0.717) is 12.3 Å². The van der Waals surface area contributed by atoms with Crippen LogP contribution in [0.2, 0.25) is 0 Å². The van der Waals surface area contributed by atoms with E-state index >= 15 is 0 Å². The monoisotopic (exact) mass is 132 g/mol. The van der Waals surface area contributed by atoms with Crippen molar-refractivity contribution in [2.45, 2.75) is 6.42 Å². The first kappa shape index (κ1) is 7.70. The zero-order valence-electron chi connectivity index (χ0n) is 4.64. The number of allylic oxidation sites excluding steroid dienone is 1. The Bertz CT molecular complexity index is 80.6. The number of hydrogen-bond donors (Lipinski definition) is 0. The Hall–Kier alpha value is -0.300. The van der Waals surface area contributed by atoms with Crippen molar-refractivity contribution < 1.29 is 4.79 Å². The maximum atomic E-state index is 9.99. The van der Waals surface area contributed by atoms with E-state index in [-0.39, 0.29) is 5.92 Å². The molecular weight excluding hydrogens is 124 g/mol. The van der Waals surface area contributed by atoms with Crippen LogP contribution < -0.4 is 0 Å². The second kappa shape index (κ2) is 4.85. The Morgan fingerprint density at radius 1 is 1.75 bits per heavy atom. The van der Waals surface area contributed by atoms with E-state index in [2.05, 4.69) is 6.58 Å². The molecule has 0 N–H and O–H groups in total. The van der Waals surface area contributed by atoms with Crippen molar-refractivity contribution in [3.63, 3.8) is 0 Å². The van der Waals surface area contributed by atoms with Gasteiger partial charge < -0.3 is 4.79 Å². The first-order valence-electron chi connectivity index (χ1n) is 2.47. The number of hydrogen-bond acceptors (Lipinski definition) is 1. The molecule has 0 aromatic carbocycles. The fourth-order valence-electron chi connectivity index (χ4n) is 0.369. The second-order valence-electron chi connectivity index (χ2n) is 1.57. The maximum absolute atomic E-state index is 9.99. The normalized spacial score (nSPS) is 12.6. The Morgan fingerprint density at radius 3 is 2.50 bits per heavy atom. The third-order valence-electron chi connectivity index (χ3n) is 0.860. The molecule has 2 heteroatoms. The number of halogens is 1. The molecule has 46 valence electrons. The molecule has 0 saturated carbocycles. The van der Waals surface area contributed by atoms with Crippen LogP contribution in [0.5, 0.6) is 0 Å². The molecule has 0 spiro atoms. The Labute approximate surface area is 54.3 Å². The molecule has 0 aromatic heterocycles. The molecule has 0 rings (SSSR count). The molecule has 1 nitrogen and oxygen atoms in total. The van der Waals surface area contributed by atoms with Gasteiger partial charge in [-0.05, 0) is 6.42 Å². The summed E-state index contributed by atoms with van der Waals surface area (Å²) in [5.74, 6) is 0.365. The van der Waals surface area contributed by atoms with Crippen LogP contribution in [-0.4, -0.2) is 12.2 Å². The lowest BCUT2D eigenvalue weighted by Gasteiger charge is -1.97. The molecule has 0 amide bonds. The van der Waals surface area contributed by atoms with Crippen LogP contribution >= 0.6 is 11.6 Å². The van der Waals surface area contributed by atoms with Crippen LogP contribution in [0.25, 0.3) is 0 Å². The first-order valence-corrected chi connectivity index (χ1v) is 3.00. The summed E-state index contributed by atoms with van der Waals surface area (Å²) >= 11 is 5.37. The van der Waals surface area contributed by atoms with E-state index < -0.39 is 0 Å². The van der Waals surface area contributed by atoms with Crippen molar-refractivity contribution in [3.8, 4) is 0 Å². The van der Waals surface area contributed by atoms with E-state index in [1.165, 1.54) is 0 Å². The van der Waals surface area contributed by atoms with Crippen LogP contribution in [-0.2, 0) is 4.79 Å². The zero-order chi connectivity index (χ0) is 6.41. The van der Waals surface area contributed by atoms with Crippen LogP contribution in [0.3, 0.4) is 0 Å². The van der Waals surface area contributed by atoms with Crippen molar-refractivity contribution in [3.05, 3.63) is 12.7 Å². The first-order chi connectivity index (χ1) is 3.85. The standard InChI is InChI=1S/C6H9ClO/c1-2-3-6(4-7)5-8/h2,5-6H,1,3-4H2. The Balaban J connectivity index is 3.35. The van der Waals surface area contributed by atoms with Crippen molar-refractivity contribution in [2.75, 3.05) is 5.88 Å². The average Bonchev–Trinajstić information content (AvgIpc) is 1.83.